The minimum Gasteiger partial charge on any atom is -0.481 e. The van der Waals surface area contributed by atoms with Crippen LogP contribution >= 0.6 is 0 Å². The van der Waals surface area contributed by atoms with Gasteiger partial charge >= 0.3 is 17.9 Å². The molecule has 0 aliphatic heterocycles. The van der Waals surface area contributed by atoms with E-state index < -0.39 is 36.4 Å². The molecule has 0 atom stereocenters. The Morgan fingerprint density at radius 3 is 2.05 bits per heavy atom. The Bertz CT molecular complexity index is 1110. The Labute approximate surface area is 215 Å². The maximum atomic E-state index is 14.4. The summed E-state index contributed by atoms with van der Waals surface area (Å²) in [6.07, 6.45) is 1.98. The summed E-state index contributed by atoms with van der Waals surface area (Å²) in [4.78, 5) is 30.5. The SMILES string of the molecule is Cc1nn(C(C)C)c(C)c1CNC1(c2ccccc2F)CCCC1.O=C(O)CC(O)(CC(=O)O)C(=O)O. The number of nitrogens with one attached hydrogen (secondary N) is 1. The van der Waals surface area contributed by atoms with Crippen LogP contribution in [0.15, 0.2) is 24.3 Å². The number of carbonyl (C=O) groups is 3. The smallest absolute Gasteiger partial charge is 0.336 e. The minimum absolute atomic E-state index is 0.0989. The molecular weight excluding hydrogens is 485 g/mol. The van der Waals surface area contributed by atoms with Crippen LogP contribution in [0.25, 0.3) is 0 Å². The molecule has 1 fully saturated rings. The highest BCUT2D eigenvalue weighted by molar-refractivity contribution is 5.88. The van der Waals surface area contributed by atoms with Gasteiger partial charge < -0.3 is 25.7 Å². The summed E-state index contributed by atoms with van der Waals surface area (Å²) in [6, 6.07) is 7.56. The van der Waals surface area contributed by atoms with Crippen molar-refractivity contribution in [2.24, 2.45) is 0 Å². The second-order valence-corrected chi connectivity index (χ2v) is 9.79. The second-order valence-electron chi connectivity index (χ2n) is 9.79. The van der Waals surface area contributed by atoms with Gasteiger partial charge in [0.25, 0.3) is 0 Å². The van der Waals surface area contributed by atoms with Crippen molar-refractivity contribution in [3.8, 4) is 0 Å². The van der Waals surface area contributed by atoms with E-state index in [9.17, 15) is 18.8 Å². The first kappa shape index (κ1) is 29.9. The van der Waals surface area contributed by atoms with Crippen LogP contribution in [0.5, 0.6) is 0 Å². The summed E-state index contributed by atoms with van der Waals surface area (Å²) in [5.41, 5.74) is 1.34. The largest absolute Gasteiger partial charge is 0.481 e. The summed E-state index contributed by atoms with van der Waals surface area (Å²) in [5, 5.41) is 42.2. The first-order valence-corrected chi connectivity index (χ1v) is 12.2. The molecule has 3 rings (SSSR count). The molecular formula is C26H36FN3O7. The lowest BCUT2D eigenvalue weighted by Gasteiger charge is -2.31. The molecule has 204 valence electrons. The minimum atomic E-state index is -2.74. The zero-order chi connectivity index (χ0) is 28.0. The third kappa shape index (κ3) is 7.36. The molecule has 0 spiro atoms. The van der Waals surface area contributed by atoms with E-state index in [2.05, 4.69) is 42.8 Å². The van der Waals surface area contributed by atoms with Gasteiger partial charge in [-0.2, -0.15) is 5.10 Å². The third-order valence-corrected chi connectivity index (χ3v) is 6.70. The van der Waals surface area contributed by atoms with E-state index >= 15 is 0 Å². The first-order chi connectivity index (χ1) is 17.2. The molecule has 11 heteroatoms. The lowest BCUT2D eigenvalue weighted by atomic mass is 9.87. The van der Waals surface area contributed by atoms with Crippen molar-refractivity contribution in [3.63, 3.8) is 0 Å². The zero-order valence-corrected chi connectivity index (χ0v) is 21.6. The van der Waals surface area contributed by atoms with Crippen LogP contribution in [-0.2, 0) is 26.5 Å². The number of benzene rings is 1. The van der Waals surface area contributed by atoms with Crippen molar-refractivity contribution in [2.75, 3.05) is 0 Å². The number of aromatic nitrogens is 2. The molecule has 1 aliphatic carbocycles. The highest BCUT2D eigenvalue weighted by Crippen LogP contribution is 2.40. The third-order valence-electron chi connectivity index (χ3n) is 6.70. The van der Waals surface area contributed by atoms with E-state index in [1.54, 1.807) is 12.1 Å². The summed E-state index contributed by atoms with van der Waals surface area (Å²) >= 11 is 0. The van der Waals surface area contributed by atoms with Gasteiger partial charge in [-0.1, -0.05) is 31.0 Å². The predicted octanol–water partition coefficient (Wildman–Crippen LogP) is 3.53. The number of carboxylic acids is 3. The van der Waals surface area contributed by atoms with Crippen molar-refractivity contribution in [1.82, 2.24) is 15.1 Å². The maximum Gasteiger partial charge on any atom is 0.336 e. The molecule has 37 heavy (non-hydrogen) atoms. The fraction of sp³-hybridized carbons (Fsp3) is 0.538. The van der Waals surface area contributed by atoms with E-state index in [4.69, 9.17) is 20.4 Å². The molecule has 1 aliphatic rings. The van der Waals surface area contributed by atoms with E-state index in [-0.39, 0.29) is 11.4 Å². The van der Waals surface area contributed by atoms with Gasteiger partial charge in [-0.05, 0) is 46.6 Å². The van der Waals surface area contributed by atoms with E-state index in [1.165, 1.54) is 11.3 Å². The molecule has 1 aromatic heterocycles. The number of carboxylic acid groups (broad SMARTS) is 3. The standard InChI is InChI=1S/C20H28FN3.C6H8O7/c1-14(2)24-16(4)17(15(3)23-24)13-22-20(11-7-8-12-20)18-9-5-6-10-19(18)21;7-3(8)1-6(13,5(11)12)2-4(9)10/h5-6,9-10,14,22H,7-8,11-13H2,1-4H3;13H,1-2H2,(H,7,8)(H,9,10)(H,11,12). The number of aliphatic carboxylic acids is 3. The summed E-state index contributed by atoms with van der Waals surface area (Å²) in [6.45, 7) is 9.22. The highest BCUT2D eigenvalue weighted by atomic mass is 19.1. The quantitative estimate of drug-likeness (QED) is 0.315. The maximum absolute atomic E-state index is 14.4. The Balaban J connectivity index is 0.000000317. The van der Waals surface area contributed by atoms with Crippen LogP contribution in [0.4, 0.5) is 4.39 Å². The predicted molar refractivity (Wildman–Crippen MR) is 133 cm³/mol. The lowest BCUT2D eigenvalue weighted by Crippen LogP contribution is -2.42. The van der Waals surface area contributed by atoms with Crippen LogP contribution < -0.4 is 5.32 Å². The monoisotopic (exact) mass is 521 g/mol. The van der Waals surface area contributed by atoms with Gasteiger partial charge in [0.1, 0.15) is 5.82 Å². The van der Waals surface area contributed by atoms with E-state index in [0.717, 1.165) is 43.5 Å². The van der Waals surface area contributed by atoms with Crippen LogP contribution in [-0.4, -0.2) is 53.7 Å². The number of hydrogen-bond donors (Lipinski definition) is 5. The van der Waals surface area contributed by atoms with Crippen LogP contribution in [0.2, 0.25) is 0 Å². The number of aliphatic hydroxyl groups is 1. The summed E-state index contributed by atoms with van der Waals surface area (Å²) < 4.78 is 16.5. The first-order valence-electron chi connectivity index (χ1n) is 12.2. The summed E-state index contributed by atoms with van der Waals surface area (Å²) in [5.74, 6) is -5.12. The zero-order valence-electron chi connectivity index (χ0n) is 21.6. The summed E-state index contributed by atoms with van der Waals surface area (Å²) in [7, 11) is 0. The van der Waals surface area contributed by atoms with Gasteiger partial charge in [0.15, 0.2) is 5.60 Å². The number of aryl methyl sites for hydroxylation is 1. The van der Waals surface area contributed by atoms with E-state index in [1.807, 2.05) is 12.1 Å². The number of nitrogens with zero attached hydrogens (tertiary/aromatic N) is 2. The molecule has 1 aromatic carbocycles. The van der Waals surface area contributed by atoms with Gasteiger partial charge in [0, 0.05) is 34.9 Å². The average molecular weight is 522 g/mol. The van der Waals surface area contributed by atoms with Gasteiger partial charge in [0.2, 0.25) is 0 Å². The number of halogens is 1. The number of hydrogen-bond acceptors (Lipinski definition) is 6. The van der Waals surface area contributed by atoms with Crippen LogP contribution in [0.3, 0.4) is 0 Å². The lowest BCUT2D eigenvalue weighted by molar-refractivity contribution is -0.170. The highest BCUT2D eigenvalue weighted by Gasteiger charge is 2.41. The second kappa shape index (κ2) is 12.3. The fourth-order valence-corrected chi connectivity index (χ4v) is 4.80. The Morgan fingerprint density at radius 1 is 1.08 bits per heavy atom. The van der Waals surface area contributed by atoms with Crippen LogP contribution in [0.1, 0.15) is 80.9 Å². The Morgan fingerprint density at radius 2 is 1.62 bits per heavy atom. The van der Waals surface area contributed by atoms with Gasteiger partial charge in [-0.25, -0.2) is 9.18 Å². The molecule has 0 bridgehead atoms. The Kier molecular flexibility index (Phi) is 9.93. The van der Waals surface area contributed by atoms with Crippen molar-refractivity contribution in [2.45, 2.75) is 89.9 Å². The van der Waals surface area contributed by atoms with Crippen molar-refractivity contribution in [1.29, 1.82) is 0 Å². The van der Waals surface area contributed by atoms with Crippen molar-refractivity contribution in [3.05, 3.63) is 52.6 Å². The topological polar surface area (TPSA) is 162 Å². The molecule has 0 amide bonds. The average Bonchev–Trinajstić information content (AvgIpc) is 3.37. The van der Waals surface area contributed by atoms with Crippen molar-refractivity contribution < 1.29 is 39.2 Å². The van der Waals surface area contributed by atoms with Gasteiger partial charge in [0.05, 0.1) is 18.5 Å². The Hall–Kier alpha value is -3.31. The van der Waals surface area contributed by atoms with Gasteiger partial charge in [-0.3, -0.25) is 14.3 Å². The molecule has 0 radical (unpaired) electrons. The van der Waals surface area contributed by atoms with Gasteiger partial charge in [-0.15, -0.1) is 0 Å². The molecule has 0 saturated heterocycles. The van der Waals surface area contributed by atoms with E-state index in [0.29, 0.717) is 6.04 Å². The fourth-order valence-electron chi connectivity index (χ4n) is 4.80. The van der Waals surface area contributed by atoms with Crippen molar-refractivity contribution >= 4 is 17.9 Å². The molecule has 2 aromatic rings. The molecule has 1 heterocycles. The van der Waals surface area contributed by atoms with Crippen LogP contribution in [0, 0.1) is 19.7 Å². The molecule has 5 N–H and O–H groups in total. The molecule has 0 unspecified atom stereocenters. The molecule has 1 saturated carbocycles. The molecule has 10 nitrogen and oxygen atoms in total. The normalized spacial score (nSPS) is 14.8. The number of rotatable bonds is 10.